The molecule has 1 saturated heterocycles. The number of hydrogen-bond acceptors (Lipinski definition) is 3. The van der Waals surface area contributed by atoms with Crippen LogP contribution in [0.3, 0.4) is 0 Å². The Kier molecular flexibility index (Phi) is 4.32. The van der Waals surface area contributed by atoms with E-state index in [0.717, 1.165) is 42.0 Å². The highest BCUT2D eigenvalue weighted by Crippen LogP contribution is 2.25. The molecule has 1 fully saturated rings. The fourth-order valence-corrected chi connectivity index (χ4v) is 3.88. The summed E-state index contributed by atoms with van der Waals surface area (Å²) in [5.74, 6) is 0.102. The van der Waals surface area contributed by atoms with Gasteiger partial charge in [-0.2, -0.15) is 5.10 Å². The van der Waals surface area contributed by atoms with Crippen molar-refractivity contribution in [2.75, 3.05) is 13.1 Å². The Labute approximate surface area is 153 Å². The Hall–Kier alpha value is -2.89. The van der Waals surface area contributed by atoms with E-state index >= 15 is 0 Å². The van der Waals surface area contributed by atoms with E-state index in [-0.39, 0.29) is 11.9 Å². The van der Waals surface area contributed by atoms with Gasteiger partial charge >= 0.3 is 0 Å². The lowest BCUT2D eigenvalue weighted by molar-refractivity contribution is 0.0672. The number of nitrogens with zero attached hydrogens (tertiary/aromatic N) is 5. The summed E-state index contributed by atoms with van der Waals surface area (Å²) in [5.41, 5.74) is 3.75. The van der Waals surface area contributed by atoms with Crippen LogP contribution in [-0.4, -0.2) is 43.2 Å². The van der Waals surface area contributed by atoms with Crippen molar-refractivity contribution in [2.45, 2.75) is 32.7 Å². The number of likely N-dealkylation sites (tertiary alicyclic amines) is 1. The van der Waals surface area contributed by atoms with E-state index in [9.17, 15) is 4.79 Å². The minimum atomic E-state index is 0.102. The van der Waals surface area contributed by atoms with Crippen LogP contribution in [0.4, 0.5) is 0 Å². The standard InChI is InChI=1S/C20H23N5O/c1-15-12-19(16(2)25(15)17-6-3-8-21-13-17)20(26)23-10-4-7-18(14-23)24-11-5-9-22-24/h3,5-6,8-9,11-13,18H,4,7,10,14H2,1-2H3. The van der Waals surface area contributed by atoms with Crippen LogP contribution < -0.4 is 0 Å². The summed E-state index contributed by atoms with van der Waals surface area (Å²) < 4.78 is 4.06. The number of aromatic nitrogens is 4. The fraction of sp³-hybridized carbons (Fsp3) is 0.350. The van der Waals surface area contributed by atoms with Gasteiger partial charge in [-0.3, -0.25) is 14.5 Å². The number of amides is 1. The molecular weight excluding hydrogens is 326 g/mol. The smallest absolute Gasteiger partial charge is 0.255 e. The molecule has 0 saturated carbocycles. The molecule has 6 nitrogen and oxygen atoms in total. The fourth-order valence-electron chi connectivity index (χ4n) is 3.88. The lowest BCUT2D eigenvalue weighted by atomic mass is 10.0. The number of aryl methyl sites for hydroxylation is 1. The van der Waals surface area contributed by atoms with Crippen LogP contribution >= 0.6 is 0 Å². The maximum absolute atomic E-state index is 13.2. The Bertz CT molecular complexity index is 898. The van der Waals surface area contributed by atoms with E-state index in [4.69, 9.17) is 0 Å². The molecule has 0 aromatic carbocycles. The highest BCUT2D eigenvalue weighted by atomic mass is 16.2. The van der Waals surface area contributed by atoms with E-state index in [0.29, 0.717) is 6.54 Å². The quantitative estimate of drug-likeness (QED) is 0.730. The Morgan fingerprint density at radius 3 is 2.85 bits per heavy atom. The number of rotatable bonds is 3. The summed E-state index contributed by atoms with van der Waals surface area (Å²) in [6.45, 7) is 5.53. The normalized spacial score (nSPS) is 17.5. The topological polar surface area (TPSA) is 56.0 Å². The monoisotopic (exact) mass is 349 g/mol. The highest BCUT2D eigenvalue weighted by molar-refractivity contribution is 5.96. The minimum absolute atomic E-state index is 0.102. The lowest BCUT2D eigenvalue weighted by Gasteiger charge is -2.33. The van der Waals surface area contributed by atoms with Crippen molar-refractivity contribution in [1.29, 1.82) is 0 Å². The molecule has 26 heavy (non-hydrogen) atoms. The second-order valence-corrected chi connectivity index (χ2v) is 6.86. The van der Waals surface area contributed by atoms with Crippen molar-refractivity contribution in [2.24, 2.45) is 0 Å². The largest absolute Gasteiger partial charge is 0.336 e. The first-order valence-corrected chi connectivity index (χ1v) is 9.03. The SMILES string of the molecule is Cc1cc(C(=O)N2CCCC(n3cccn3)C2)c(C)n1-c1cccnc1. The first-order chi connectivity index (χ1) is 12.6. The first kappa shape index (κ1) is 16.6. The average molecular weight is 349 g/mol. The van der Waals surface area contributed by atoms with Crippen molar-refractivity contribution in [1.82, 2.24) is 24.2 Å². The first-order valence-electron chi connectivity index (χ1n) is 9.03. The van der Waals surface area contributed by atoms with Gasteiger partial charge < -0.3 is 9.47 Å². The number of carbonyl (C=O) groups excluding carboxylic acids is 1. The van der Waals surface area contributed by atoms with Gasteiger partial charge in [-0.1, -0.05) is 0 Å². The van der Waals surface area contributed by atoms with Gasteiger partial charge in [0.05, 0.1) is 23.5 Å². The molecule has 1 atom stereocenters. The predicted octanol–water partition coefficient (Wildman–Crippen LogP) is 3.16. The van der Waals surface area contributed by atoms with Crippen molar-refractivity contribution in [3.8, 4) is 5.69 Å². The summed E-state index contributed by atoms with van der Waals surface area (Å²) in [6.07, 6.45) is 9.41. The van der Waals surface area contributed by atoms with E-state index in [1.807, 2.05) is 60.1 Å². The molecule has 4 heterocycles. The van der Waals surface area contributed by atoms with Gasteiger partial charge in [-0.15, -0.1) is 0 Å². The maximum Gasteiger partial charge on any atom is 0.255 e. The van der Waals surface area contributed by atoms with Gasteiger partial charge in [0.1, 0.15) is 0 Å². The van der Waals surface area contributed by atoms with Crippen LogP contribution in [0.2, 0.25) is 0 Å². The number of piperidine rings is 1. The molecule has 0 aliphatic carbocycles. The Morgan fingerprint density at radius 1 is 1.23 bits per heavy atom. The zero-order chi connectivity index (χ0) is 18.1. The summed E-state index contributed by atoms with van der Waals surface area (Å²) in [7, 11) is 0. The molecule has 0 bridgehead atoms. The molecule has 134 valence electrons. The second kappa shape index (κ2) is 6.78. The predicted molar refractivity (Wildman–Crippen MR) is 99.4 cm³/mol. The molecule has 0 N–H and O–H groups in total. The van der Waals surface area contributed by atoms with Crippen LogP contribution in [0.1, 0.15) is 40.6 Å². The summed E-state index contributed by atoms with van der Waals surface area (Å²) >= 11 is 0. The van der Waals surface area contributed by atoms with Crippen molar-refractivity contribution >= 4 is 5.91 Å². The third kappa shape index (κ3) is 2.92. The molecule has 0 radical (unpaired) electrons. The van der Waals surface area contributed by atoms with E-state index in [2.05, 4.69) is 14.6 Å². The maximum atomic E-state index is 13.2. The van der Waals surface area contributed by atoms with Crippen LogP contribution in [0.5, 0.6) is 0 Å². The molecule has 1 unspecified atom stereocenters. The van der Waals surface area contributed by atoms with Crippen molar-refractivity contribution in [3.05, 3.63) is 66.0 Å². The van der Waals surface area contributed by atoms with Crippen LogP contribution in [-0.2, 0) is 0 Å². The van der Waals surface area contributed by atoms with E-state index < -0.39 is 0 Å². The van der Waals surface area contributed by atoms with Gasteiger partial charge in [0.2, 0.25) is 0 Å². The highest BCUT2D eigenvalue weighted by Gasteiger charge is 2.28. The second-order valence-electron chi connectivity index (χ2n) is 6.86. The summed E-state index contributed by atoms with van der Waals surface area (Å²) in [6, 6.07) is 8.10. The lowest BCUT2D eigenvalue weighted by Crippen LogP contribution is -2.41. The average Bonchev–Trinajstić information content (AvgIpc) is 3.30. The number of pyridine rings is 1. The minimum Gasteiger partial charge on any atom is -0.336 e. The number of carbonyl (C=O) groups is 1. The van der Waals surface area contributed by atoms with Gasteiger partial charge in [-0.05, 0) is 51.0 Å². The zero-order valence-corrected chi connectivity index (χ0v) is 15.2. The molecule has 3 aromatic rings. The summed E-state index contributed by atoms with van der Waals surface area (Å²) in [4.78, 5) is 19.4. The molecule has 0 spiro atoms. The molecule has 6 heteroatoms. The molecule has 1 aliphatic heterocycles. The van der Waals surface area contributed by atoms with Crippen LogP contribution in [0.15, 0.2) is 49.1 Å². The Morgan fingerprint density at radius 2 is 2.12 bits per heavy atom. The Balaban J connectivity index is 1.61. The molecular formula is C20H23N5O. The van der Waals surface area contributed by atoms with Crippen molar-refractivity contribution < 1.29 is 4.79 Å². The molecule has 3 aromatic heterocycles. The van der Waals surface area contributed by atoms with Crippen LogP contribution in [0, 0.1) is 13.8 Å². The third-order valence-corrected chi connectivity index (χ3v) is 5.15. The van der Waals surface area contributed by atoms with Gasteiger partial charge in [0.25, 0.3) is 5.91 Å². The third-order valence-electron chi connectivity index (χ3n) is 5.15. The van der Waals surface area contributed by atoms with Crippen LogP contribution in [0.25, 0.3) is 5.69 Å². The van der Waals surface area contributed by atoms with Gasteiger partial charge in [0, 0.05) is 43.1 Å². The van der Waals surface area contributed by atoms with E-state index in [1.54, 1.807) is 12.4 Å². The van der Waals surface area contributed by atoms with Crippen molar-refractivity contribution in [3.63, 3.8) is 0 Å². The number of hydrogen-bond donors (Lipinski definition) is 0. The van der Waals surface area contributed by atoms with E-state index in [1.165, 1.54) is 0 Å². The molecule has 1 amide bonds. The van der Waals surface area contributed by atoms with Gasteiger partial charge in [0.15, 0.2) is 0 Å². The van der Waals surface area contributed by atoms with Gasteiger partial charge in [-0.25, -0.2) is 0 Å². The molecule has 1 aliphatic rings. The summed E-state index contributed by atoms with van der Waals surface area (Å²) in [5, 5.41) is 4.35. The zero-order valence-electron chi connectivity index (χ0n) is 15.2. The molecule has 4 rings (SSSR count).